The molecule has 0 saturated carbocycles. The number of benzene rings is 2. The Morgan fingerprint density at radius 3 is 2.48 bits per heavy atom. The predicted molar refractivity (Wildman–Crippen MR) is 100 cm³/mol. The molecule has 0 saturated heterocycles. The van der Waals surface area contributed by atoms with Gasteiger partial charge in [-0.25, -0.2) is 0 Å². The van der Waals surface area contributed by atoms with Crippen LogP contribution >= 0.6 is 0 Å². The zero-order chi connectivity index (χ0) is 18.0. The summed E-state index contributed by atoms with van der Waals surface area (Å²) in [6.45, 7) is 2.29. The number of nitrogens with one attached hydrogen (secondary N) is 1. The molecule has 1 aliphatic heterocycles. The molecule has 1 heterocycles. The summed E-state index contributed by atoms with van der Waals surface area (Å²) in [5.74, 6) is 0.0102. The highest BCUT2D eigenvalue weighted by atomic mass is 16.2. The van der Waals surface area contributed by atoms with E-state index in [1.54, 1.807) is 26.2 Å². The molecule has 0 aromatic heterocycles. The van der Waals surface area contributed by atoms with Gasteiger partial charge in [-0.05, 0) is 49.2 Å². The second-order valence-corrected chi connectivity index (χ2v) is 6.58. The van der Waals surface area contributed by atoms with Gasteiger partial charge in [0.15, 0.2) is 0 Å². The first-order chi connectivity index (χ1) is 12.0. The molecule has 5 heteroatoms. The van der Waals surface area contributed by atoms with Crippen molar-refractivity contribution in [2.75, 3.05) is 30.9 Å². The van der Waals surface area contributed by atoms with E-state index in [1.807, 2.05) is 35.2 Å². The zero-order valence-electron chi connectivity index (χ0n) is 14.8. The number of nitrogens with zero attached hydrogens (tertiary/aromatic N) is 2. The van der Waals surface area contributed by atoms with Crippen LogP contribution in [0.2, 0.25) is 0 Å². The zero-order valence-corrected chi connectivity index (χ0v) is 14.8. The van der Waals surface area contributed by atoms with Crippen LogP contribution in [0.25, 0.3) is 0 Å². The average molecular weight is 337 g/mol. The molecule has 2 aromatic carbocycles. The van der Waals surface area contributed by atoms with E-state index < -0.39 is 0 Å². The van der Waals surface area contributed by atoms with Gasteiger partial charge in [0.2, 0.25) is 5.91 Å². The van der Waals surface area contributed by atoms with Crippen molar-refractivity contribution in [1.82, 2.24) is 4.90 Å². The standard InChI is InChI=1S/C20H23N3O2/c1-14-12-16-6-4-5-7-18(16)23(14)19(24)13-21-17-10-8-15(9-11-17)20(25)22(2)3/h4-11,14,21H,12-13H2,1-3H3/t14-/m1/s1. The van der Waals surface area contributed by atoms with Crippen molar-refractivity contribution < 1.29 is 9.59 Å². The second-order valence-electron chi connectivity index (χ2n) is 6.58. The van der Waals surface area contributed by atoms with Crippen LogP contribution in [0.3, 0.4) is 0 Å². The SMILES string of the molecule is C[C@@H]1Cc2ccccc2N1C(=O)CNc1ccc(C(=O)N(C)C)cc1. The molecule has 2 amide bonds. The monoisotopic (exact) mass is 337 g/mol. The quantitative estimate of drug-likeness (QED) is 0.933. The summed E-state index contributed by atoms with van der Waals surface area (Å²) >= 11 is 0. The minimum atomic E-state index is -0.0369. The number of para-hydroxylation sites is 1. The van der Waals surface area contributed by atoms with Gasteiger partial charge in [0, 0.05) is 37.1 Å². The maximum Gasteiger partial charge on any atom is 0.253 e. The van der Waals surface area contributed by atoms with E-state index in [0.717, 1.165) is 17.8 Å². The third-order valence-electron chi connectivity index (χ3n) is 4.46. The molecule has 130 valence electrons. The maximum atomic E-state index is 12.7. The van der Waals surface area contributed by atoms with Crippen molar-refractivity contribution in [2.45, 2.75) is 19.4 Å². The number of fused-ring (bicyclic) bond motifs is 1. The lowest BCUT2D eigenvalue weighted by Crippen LogP contribution is -2.39. The lowest BCUT2D eigenvalue weighted by Gasteiger charge is -2.23. The average Bonchev–Trinajstić information content (AvgIpc) is 2.95. The van der Waals surface area contributed by atoms with Gasteiger partial charge >= 0.3 is 0 Å². The summed E-state index contributed by atoms with van der Waals surface area (Å²) < 4.78 is 0. The summed E-state index contributed by atoms with van der Waals surface area (Å²) in [6, 6.07) is 15.4. The fourth-order valence-corrected chi connectivity index (χ4v) is 3.20. The van der Waals surface area contributed by atoms with Gasteiger partial charge in [-0.15, -0.1) is 0 Å². The number of hydrogen-bond acceptors (Lipinski definition) is 3. The van der Waals surface area contributed by atoms with Crippen LogP contribution in [0.1, 0.15) is 22.8 Å². The van der Waals surface area contributed by atoms with Crippen LogP contribution in [0.15, 0.2) is 48.5 Å². The van der Waals surface area contributed by atoms with Crippen LogP contribution in [0, 0.1) is 0 Å². The Bertz CT molecular complexity index is 784. The summed E-state index contributed by atoms with van der Waals surface area (Å²) in [6.07, 6.45) is 0.892. The smallest absolute Gasteiger partial charge is 0.253 e. The first-order valence-corrected chi connectivity index (χ1v) is 8.43. The summed E-state index contributed by atoms with van der Waals surface area (Å²) in [4.78, 5) is 28.0. The molecule has 2 aromatic rings. The van der Waals surface area contributed by atoms with Gasteiger partial charge in [0.1, 0.15) is 0 Å². The molecule has 0 fully saturated rings. The third-order valence-corrected chi connectivity index (χ3v) is 4.46. The van der Waals surface area contributed by atoms with E-state index in [0.29, 0.717) is 5.56 Å². The molecular weight excluding hydrogens is 314 g/mol. The highest BCUT2D eigenvalue weighted by Crippen LogP contribution is 2.31. The molecule has 0 unspecified atom stereocenters. The van der Waals surface area contributed by atoms with Crippen molar-refractivity contribution in [3.63, 3.8) is 0 Å². The van der Waals surface area contributed by atoms with E-state index in [4.69, 9.17) is 0 Å². The van der Waals surface area contributed by atoms with E-state index in [9.17, 15) is 9.59 Å². The number of anilines is 2. The van der Waals surface area contributed by atoms with Crippen molar-refractivity contribution in [2.24, 2.45) is 0 Å². The molecule has 0 aliphatic carbocycles. The minimum absolute atomic E-state index is 0.0369. The Morgan fingerprint density at radius 1 is 1.12 bits per heavy atom. The summed E-state index contributed by atoms with van der Waals surface area (Å²) in [5, 5.41) is 3.15. The number of hydrogen-bond donors (Lipinski definition) is 1. The van der Waals surface area contributed by atoms with Gasteiger partial charge in [-0.3, -0.25) is 9.59 Å². The van der Waals surface area contributed by atoms with Crippen LogP contribution in [-0.4, -0.2) is 43.4 Å². The Hall–Kier alpha value is -2.82. The lowest BCUT2D eigenvalue weighted by molar-refractivity contribution is -0.117. The minimum Gasteiger partial charge on any atom is -0.376 e. The van der Waals surface area contributed by atoms with Crippen LogP contribution in [-0.2, 0) is 11.2 Å². The van der Waals surface area contributed by atoms with Crippen molar-refractivity contribution in [3.8, 4) is 0 Å². The Labute approximate surface area is 148 Å². The fraction of sp³-hybridized carbons (Fsp3) is 0.300. The van der Waals surface area contributed by atoms with Gasteiger partial charge < -0.3 is 15.1 Å². The molecule has 0 radical (unpaired) electrons. The largest absolute Gasteiger partial charge is 0.376 e. The second kappa shape index (κ2) is 6.97. The van der Waals surface area contributed by atoms with Crippen molar-refractivity contribution >= 4 is 23.2 Å². The topological polar surface area (TPSA) is 52.7 Å². The predicted octanol–water partition coefficient (Wildman–Crippen LogP) is 2.78. The van der Waals surface area contributed by atoms with Crippen LogP contribution in [0.5, 0.6) is 0 Å². The summed E-state index contributed by atoms with van der Waals surface area (Å²) in [5.41, 5.74) is 3.68. The Morgan fingerprint density at radius 2 is 1.80 bits per heavy atom. The van der Waals surface area contributed by atoms with E-state index in [1.165, 1.54) is 10.5 Å². The molecular formula is C20H23N3O2. The molecule has 1 aliphatic rings. The maximum absolute atomic E-state index is 12.7. The van der Waals surface area contributed by atoms with Gasteiger partial charge in [-0.1, -0.05) is 18.2 Å². The third kappa shape index (κ3) is 3.50. The Balaban J connectivity index is 1.64. The normalized spacial score (nSPS) is 15.6. The van der Waals surface area contributed by atoms with E-state index in [2.05, 4.69) is 18.3 Å². The molecule has 3 rings (SSSR count). The van der Waals surface area contributed by atoms with Gasteiger partial charge in [0.25, 0.3) is 5.91 Å². The first kappa shape index (κ1) is 17.0. The Kier molecular flexibility index (Phi) is 4.74. The van der Waals surface area contributed by atoms with Crippen molar-refractivity contribution in [3.05, 3.63) is 59.7 Å². The lowest BCUT2D eigenvalue weighted by atomic mass is 10.1. The van der Waals surface area contributed by atoms with E-state index in [-0.39, 0.29) is 24.4 Å². The first-order valence-electron chi connectivity index (χ1n) is 8.43. The van der Waals surface area contributed by atoms with Gasteiger partial charge in [-0.2, -0.15) is 0 Å². The van der Waals surface area contributed by atoms with Crippen LogP contribution < -0.4 is 10.2 Å². The number of rotatable bonds is 4. The molecule has 5 nitrogen and oxygen atoms in total. The molecule has 1 atom stereocenters. The van der Waals surface area contributed by atoms with Crippen molar-refractivity contribution in [1.29, 1.82) is 0 Å². The number of amides is 2. The molecule has 1 N–H and O–H groups in total. The van der Waals surface area contributed by atoms with Gasteiger partial charge in [0.05, 0.1) is 6.54 Å². The summed E-state index contributed by atoms with van der Waals surface area (Å²) in [7, 11) is 3.45. The fourth-order valence-electron chi connectivity index (χ4n) is 3.20. The van der Waals surface area contributed by atoms with Crippen LogP contribution in [0.4, 0.5) is 11.4 Å². The molecule has 0 bridgehead atoms. The molecule has 0 spiro atoms. The molecule has 25 heavy (non-hydrogen) atoms. The van der Waals surface area contributed by atoms with E-state index >= 15 is 0 Å². The number of carbonyl (C=O) groups excluding carboxylic acids is 2. The number of carbonyl (C=O) groups is 2. The highest BCUT2D eigenvalue weighted by Gasteiger charge is 2.30. The highest BCUT2D eigenvalue weighted by molar-refractivity contribution is 5.99.